The minimum atomic E-state index is 0.232. The summed E-state index contributed by atoms with van der Waals surface area (Å²) in [6, 6.07) is 8.29. The van der Waals surface area contributed by atoms with Gasteiger partial charge >= 0.3 is 0 Å². The first-order valence-electron chi connectivity index (χ1n) is 8.94. The summed E-state index contributed by atoms with van der Waals surface area (Å²) < 4.78 is 0. The maximum absolute atomic E-state index is 11.9. The third-order valence-electron chi connectivity index (χ3n) is 4.87. The molecule has 1 aromatic heterocycles. The summed E-state index contributed by atoms with van der Waals surface area (Å²) in [5.41, 5.74) is 4.37. The standard InChI is InChI=1S/C20H26N4O/c1-5-18(25)23-9-11-24(12-10-23)20-15(3)16(4)21-19(22-20)17-8-6-7-14(2)13-17/h6-8,13H,5,9-12H2,1-4H3. The number of aryl methyl sites for hydroxylation is 2. The van der Waals surface area contributed by atoms with Crippen LogP contribution in [-0.4, -0.2) is 47.0 Å². The quantitative estimate of drug-likeness (QED) is 0.863. The fourth-order valence-electron chi connectivity index (χ4n) is 3.23. The van der Waals surface area contributed by atoms with Gasteiger partial charge in [0.25, 0.3) is 0 Å². The van der Waals surface area contributed by atoms with Crippen molar-refractivity contribution in [1.82, 2.24) is 14.9 Å². The number of rotatable bonds is 3. The highest BCUT2D eigenvalue weighted by Gasteiger charge is 2.23. The molecule has 1 aliphatic rings. The molecule has 5 heteroatoms. The second-order valence-electron chi connectivity index (χ2n) is 6.67. The summed E-state index contributed by atoms with van der Waals surface area (Å²) in [7, 11) is 0. The number of anilines is 1. The van der Waals surface area contributed by atoms with Gasteiger partial charge in [-0.2, -0.15) is 0 Å². The van der Waals surface area contributed by atoms with Gasteiger partial charge in [-0.05, 0) is 26.8 Å². The number of amides is 1. The molecule has 1 saturated heterocycles. The molecule has 5 nitrogen and oxygen atoms in total. The van der Waals surface area contributed by atoms with Crippen molar-refractivity contribution in [3.05, 3.63) is 41.1 Å². The van der Waals surface area contributed by atoms with E-state index in [2.05, 4.69) is 36.9 Å². The molecular weight excluding hydrogens is 312 g/mol. The number of piperazine rings is 1. The summed E-state index contributed by atoms with van der Waals surface area (Å²) in [5, 5.41) is 0. The maximum atomic E-state index is 11.9. The summed E-state index contributed by atoms with van der Waals surface area (Å²) in [5.74, 6) is 2.00. The van der Waals surface area contributed by atoms with E-state index in [9.17, 15) is 4.79 Å². The smallest absolute Gasteiger partial charge is 0.222 e. The second-order valence-corrected chi connectivity index (χ2v) is 6.67. The largest absolute Gasteiger partial charge is 0.353 e. The summed E-state index contributed by atoms with van der Waals surface area (Å²) in [4.78, 5) is 25.7. The Labute approximate surface area is 149 Å². The van der Waals surface area contributed by atoms with Gasteiger partial charge in [-0.3, -0.25) is 4.79 Å². The average Bonchev–Trinajstić information content (AvgIpc) is 2.63. The Bertz CT molecular complexity index is 779. The van der Waals surface area contributed by atoms with E-state index in [4.69, 9.17) is 9.97 Å². The maximum Gasteiger partial charge on any atom is 0.222 e. The normalized spacial score (nSPS) is 14.7. The van der Waals surface area contributed by atoms with E-state index in [-0.39, 0.29) is 5.91 Å². The molecule has 1 fully saturated rings. The molecule has 132 valence electrons. The summed E-state index contributed by atoms with van der Waals surface area (Å²) in [6.07, 6.45) is 0.573. The number of nitrogens with zero attached hydrogens (tertiary/aromatic N) is 4. The van der Waals surface area contributed by atoms with Crippen molar-refractivity contribution >= 4 is 11.7 Å². The number of carbonyl (C=O) groups excluding carboxylic acids is 1. The number of hydrogen-bond acceptors (Lipinski definition) is 4. The van der Waals surface area contributed by atoms with E-state index >= 15 is 0 Å². The van der Waals surface area contributed by atoms with Crippen molar-refractivity contribution in [3.63, 3.8) is 0 Å². The summed E-state index contributed by atoms with van der Waals surface area (Å²) >= 11 is 0. The Morgan fingerprint density at radius 3 is 2.44 bits per heavy atom. The van der Waals surface area contributed by atoms with E-state index in [1.165, 1.54) is 5.56 Å². The molecule has 0 saturated carbocycles. The van der Waals surface area contributed by atoms with Crippen molar-refractivity contribution in [3.8, 4) is 11.4 Å². The Hall–Kier alpha value is -2.43. The molecule has 1 aliphatic heterocycles. The zero-order valence-corrected chi connectivity index (χ0v) is 15.5. The topological polar surface area (TPSA) is 49.3 Å². The van der Waals surface area contributed by atoms with E-state index in [0.717, 1.165) is 54.6 Å². The van der Waals surface area contributed by atoms with E-state index in [1.807, 2.05) is 24.8 Å². The number of hydrogen-bond donors (Lipinski definition) is 0. The highest BCUT2D eigenvalue weighted by atomic mass is 16.2. The highest BCUT2D eigenvalue weighted by molar-refractivity contribution is 5.76. The first-order chi connectivity index (χ1) is 12.0. The molecule has 0 N–H and O–H groups in total. The molecule has 0 unspecified atom stereocenters. The first kappa shape index (κ1) is 17.4. The van der Waals surface area contributed by atoms with Gasteiger partial charge in [0.05, 0.1) is 0 Å². The van der Waals surface area contributed by atoms with Gasteiger partial charge in [-0.25, -0.2) is 9.97 Å². The lowest BCUT2D eigenvalue weighted by Crippen LogP contribution is -2.49. The summed E-state index contributed by atoms with van der Waals surface area (Å²) in [6.45, 7) is 11.3. The van der Waals surface area contributed by atoms with Crippen LogP contribution in [0.2, 0.25) is 0 Å². The van der Waals surface area contributed by atoms with Crippen LogP contribution in [0, 0.1) is 20.8 Å². The second kappa shape index (κ2) is 7.21. The Morgan fingerprint density at radius 1 is 1.08 bits per heavy atom. The van der Waals surface area contributed by atoms with Gasteiger partial charge in [-0.15, -0.1) is 0 Å². The SMILES string of the molecule is CCC(=O)N1CCN(c2nc(-c3cccc(C)c3)nc(C)c2C)CC1. The van der Waals surface area contributed by atoms with Gasteiger partial charge in [0.1, 0.15) is 5.82 Å². The van der Waals surface area contributed by atoms with Crippen molar-refractivity contribution in [2.45, 2.75) is 34.1 Å². The molecule has 3 rings (SSSR count). The molecule has 0 atom stereocenters. The van der Waals surface area contributed by atoms with E-state index in [0.29, 0.717) is 6.42 Å². The van der Waals surface area contributed by atoms with Crippen LogP contribution in [0.5, 0.6) is 0 Å². The van der Waals surface area contributed by atoms with Crippen LogP contribution in [0.25, 0.3) is 11.4 Å². The fourth-order valence-corrected chi connectivity index (χ4v) is 3.23. The molecule has 25 heavy (non-hydrogen) atoms. The van der Waals surface area contributed by atoms with Crippen molar-refractivity contribution in [2.75, 3.05) is 31.1 Å². The van der Waals surface area contributed by atoms with Gasteiger partial charge in [0.15, 0.2) is 5.82 Å². The fraction of sp³-hybridized carbons (Fsp3) is 0.450. The van der Waals surface area contributed by atoms with Gasteiger partial charge in [0.2, 0.25) is 5.91 Å². The lowest BCUT2D eigenvalue weighted by molar-refractivity contribution is -0.131. The number of carbonyl (C=O) groups is 1. The van der Waals surface area contributed by atoms with Crippen LogP contribution >= 0.6 is 0 Å². The van der Waals surface area contributed by atoms with E-state index in [1.54, 1.807) is 0 Å². The lowest BCUT2D eigenvalue weighted by atomic mass is 10.1. The Morgan fingerprint density at radius 2 is 1.80 bits per heavy atom. The predicted molar refractivity (Wildman–Crippen MR) is 101 cm³/mol. The molecule has 0 spiro atoms. The van der Waals surface area contributed by atoms with Gasteiger partial charge in [0, 0.05) is 49.4 Å². The van der Waals surface area contributed by atoms with Crippen LogP contribution in [0.15, 0.2) is 24.3 Å². The van der Waals surface area contributed by atoms with Crippen LogP contribution in [0.3, 0.4) is 0 Å². The van der Waals surface area contributed by atoms with Gasteiger partial charge < -0.3 is 9.80 Å². The van der Waals surface area contributed by atoms with Crippen LogP contribution in [0.4, 0.5) is 5.82 Å². The monoisotopic (exact) mass is 338 g/mol. The van der Waals surface area contributed by atoms with Crippen LogP contribution in [0.1, 0.15) is 30.2 Å². The number of benzene rings is 1. The minimum absolute atomic E-state index is 0.232. The first-order valence-corrected chi connectivity index (χ1v) is 8.94. The van der Waals surface area contributed by atoms with Crippen molar-refractivity contribution < 1.29 is 4.79 Å². The molecular formula is C20H26N4O. The van der Waals surface area contributed by atoms with Crippen LogP contribution in [-0.2, 0) is 4.79 Å². The van der Waals surface area contributed by atoms with Crippen molar-refractivity contribution in [1.29, 1.82) is 0 Å². The minimum Gasteiger partial charge on any atom is -0.353 e. The van der Waals surface area contributed by atoms with Crippen LogP contribution < -0.4 is 4.90 Å². The van der Waals surface area contributed by atoms with Crippen molar-refractivity contribution in [2.24, 2.45) is 0 Å². The third-order valence-corrected chi connectivity index (χ3v) is 4.87. The third kappa shape index (κ3) is 3.65. The average molecular weight is 338 g/mol. The molecule has 0 aliphatic carbocycles. The molecule has 0 bridgehead atoms. The lowest BCUT2D eigenvalue weighted by Gasteiger charge is -2.36. The zero-order valence-electron chi connectivity index (χ0n) is 15.5. The molecule has 2 heterocycles. The molecule has 1 amide bonds. The van der Waals surface area contributed by atoms with Gasteiger partial charge in [-0.1, -0.05) is 30.7 Å². The molecule has 1 aromatic carbocycles. The Balaban J connectivity index is 1.88. The predicted octanol–water partition coefficient (Wildman–Crippen LogP) is 3.13. The number of aromatic nitrogens is 2. The molecule has 2 aromatic rings. The zero-order chi connectivity index (χ0) is 18.0. The Kier molecular flexibility index (Phi) is 5.02. The highest BCUT2D eigenvalue weighted by Crippen LogP contribution is 2.25. The van der Waals surface area contributed by atoms with E-state index < -0.39 is 0 Å². The molecule has 0 radical (unpaired) electrons.